The second-order valence-corrected chi connectivity index (χ2v) is 4.25. The second kappa shape index (κ2) is 5.68. The van der Waals surface area contributed by atoms with Crippen molar-refractivity contribution < 1.29 is 17.9 Å². The summed E-state index contributed by atoms with van der Waals surface area (Å²) in [6.07, 6.45) is -4.36. The topological polar surface area (TPSA) is 35.2 Å². The number of thiol groups is 1. The number of benzene rings is 1. The van der Waals surface area contributed by atoms with Gasteiger partial charge in [0, 0.05) is 5.70 Å². The largest absolute Gasteiger partial charge is 0.483 e. The Balaban J connectivity index is 2.84. The van der Waals surface area contributed by atoms with Crippen molar-refractivity contribution in [2.75, 3.05) is 6.61 Å². The second-order valence-electron chi connectivity index (χ2n) is 3.13. The summed E-state index contributed by atoms with van der Waals surface area (Å²) in [7, 11) is 0. The minimum absolute atomic E-state index is 0.109. The van der Waals surface area contributed by atoms with E-state index in [1.165, 1.54) is 11.5 Å². The highest BCUT2D eigenvalue weighted by molar-refractivity contribution is 9.10. The van der Waals surface area contributed by atoms with E-state index in [1.807, 2.05) is 0 Å². The fraction of sp³-hybridized carbons (Fsp3) is 0.200. The first-order valence-electron chi connectivity index (χ1n) is 4.43. The van der Waals surface area contributed by atoms with Crippen LogP contribution < -0.4 is 10.5 Å². The Morgan fingerprint density at radius 1 is 1.47 bits per heavy atom. The number of nitrogens with two attached hydrogens (primary N) is 1. The number of ether oxygens (including phenoxy) is 1. The summed E-state index contributed by atoms with van der Waals surface area (Å²) in [6.45, 7) is -1.33. The molecule has 0 aliphatic rings. The summed E-state index contributed by atoms with van der Waals surface area (Å²) in [5, 5.41) is 1.40. The quantitative estimate of drug-likeness (QED) is 0.832. The zero-order valence-corrected chi connectivity index (χ0v) is 10.9. The van der Waals surface area contributed by atoms with E-state index in [4.69, 9.17) is 5.73 Å². The fourth-order valence-electron chi connectivity index (χ4n) is 1.03. The molecule has 0 amide bonds. The Morgan fingerprint density at radius 3 is 2.59 bits per heavy atom. The Hall–Kier alpha value is -0.820. The van der Waals surface area contributed by atoms with Gasteiger partial charge in [-0.3, -0.25) is 0 Å². The van der Waals surface area contributed by atoms with Gasteiger partial charge in [-0.1, -0.05) is 0 Å². The molecule has 1 aromatic carbocycles. The lowest BCUT2D eigenvalue weighted by Crippen LogP contribution is -2.19. The van der Waals surface area contributed by atoms with Crippen LogP contribution in [0.2, 0.25) is 0 Å². The predicted molar refractivity (Wildman–Crippen MR) is 66.8 cm³/mol. The van der Waals surface area contributed by atoms with Crippen LogP contribution in [0.4, 0.5) is 13.2 Å². The van der Waals surface area contributed by atoms with E-state index >= 15 is 0 Å². The van der Waals surface area contributed by atoms with Crippen molar-refractivity contribution in [1.82, 2.24) is 0 Å². The normalized spacial score (nSPS) is 12.6. The van der Waals surface area contributed by atoms with Gasteiger partial charge in [0.1, 0.15) is 5.75 Å². The van der Waals surface area contributed by atoms with Gasteiger partial charge in [-0.2, -0.15) is 13.2 Å². The van der Waals surface area contributed by atoms with Gasteiger partial charge in [-0.25, -0.2) is 0 Å². The standard InChI is InChI=1S/C10H9BrF3NOS/c11-7-3-6(8(15)4-17)1-2-9(7)16-5-10(12,13)14/h1-4,17H,5,15H2/b8-4-. The molecular formula is C10H9BrF3NOS. The molecule has 0 unspecified atom stereocenters. The average Bonchev–Trinajstić information content (AvgIpc) is 2.25. The van der Waals surface area contributed by atoms with Crippen LogP contribution in [0.25, 0.3) is 5.70 Å². The van der Waals surface area contributed by atoms with E-state index in [0.717, 1.165) is 0 Å². The zero-order valence-electron chi connectivity index (χ0n) is 8.46. The third kappa shape index (κ3) is 4.51. The van der Waals surface area contributed by atoms with Gasteiger partial charge in [0.2, 0.25) is 0 Å². The fourth-order valence-corrected chi connectivity index (χ4v) is 1.67. The first-order chi connectivity index (χ1) is 7.83. The third-order valence-electron chi connectivity index (χ3n) is 1.80. The first-order valence-corrected chi connectivity index (χ1v) is 5.74. The number of hydrogen-bond donors (Lipinski definition) is 2. The van der Waals surface area contributed by atoms with Crippen molar-refractivity contribution in [1.29, 1.82) is 0 Å². The first kappa shape index (κ1) is 14.2. The Bertz CT molecular complexity index is 434. The van der Waals surface area contributed by atoms with Gasteiger partial charge < -0.3 is 10.5 Å². The van der Waals surface area contributed by atoms with E-state index < -0.39 is 12.8 Å². The van der Waals surface area contributed by atoms with Crippen LogP contribution in [0, 0.1) is 0 Å². The van der Waals surface area contributed by atoms with Crippen molar-refractivity contribution in [3.05, 3.63) is 33.6 Å². The maximum atomic E-state index is 12.0. The molecule has 0 heterocycles. The highest BCUT2D eigenvalue weighted by Gasteiger charge is 2.28. The van der Waals surface area contributed by atoms with E-state index in [-0.39, 0.29) is 5.75 Å². The van der Waals surface area contributed by atoms with E-state index in [2.05, 4.69) is 33.3 Å². The van der Waals surface area contributed by atoms with Crippen molar-refractivity contribution >= 4 is 34.3 Å². The summed E-state index contributed by atoms with van der Waals surface area (Å²) in [6, 6.07) is 4.53. The highest BCUT2D eigenvalue weighted by Crippen LogP contribution is 2.29. The van der Waals surface area contributed by atoms with E-state index in [9.17, 15) is 13.2 Å². The molecule has 1 aromatic rings. The number of rotatable bonds is 3. The molecule has 2 N–H and O–H groups in total. The zero-order chi connectivity index (χ0) is 13.1. The molecule has 17 heavy (non-hydrogen) atoms. The lowest BCUT2D eigenvalue weighted by atomic mass is 10.2. The molecule has 94 valence electrons. The summed E-state index contributed by atoms with van der Waals surface area (Å²) in [5.74, 6) is 0.109. The molecule has 0 aromatic heterocycles. The van der Waals surface area contributed by atoms with Crippen molar-refractivity contribution in [3.63, 3.8) is 0 Å². The van der Waals surface area contributed by atoms with Crippen molar-refractivity contribution in [2.24, 2.45) is 5.73 Å². The van der Waals surface area contributed by atoms with Crippen LogP contribution in [0.3, 0.4) is 0 Å². The molecule has 0 bridgehead atoms. The minimum Gasteiger partial charge on any atom is -0.483 e. The molecule has 0 spiro atoms. The lowest BCUT2D eigenvalue weighted by Gasteiger charge is -2.11. The molecular weight excluding hydrogens is 319 g/mol. The van der Waals surface area contributed by atoms with Crippen molar-refractivity contribution in [2.45, 2.75) is 6.18 Å². The van der Waals surface area contributed by atoms with Crippen LogP contribution in [0.1, 0.15) is 5.56 Å². The van der Waals surface area contributed by atoms with E-state index in [0.29, 0.717) is 15.7 Å². The molecule has 0 aliphatic carbocycles. The molecule has 1 rings (SSSR count). The number of hydrogen-bond acceptors (Lipinski definition) is 3. The molecule has 0 radical (unpaired) electrons. The van der Waals surface area contributed by atoms with Gasteiger partial charge in [0.05, 0.1) is 4.47 Å². The molecule has 0 fully saturated rings. The molecule has 0 aliphatic heterocycles. The maximum Gasteiger partial charge on any atom is 0.422 e. The maximum absolute atomic E-state index is 12.0. The monoisotopic (exact) mass is 327 g/mol. The van der Waals surface area contributed by atoms with Crippen LogP contribution in [-0.4, -0.2) is 12.8 Å². The van der Waals surface area contributed by atoms with Crippen LogP contribution in [-0.2, 0) is 0 Å². The highest BCUT2D eigenvalue weighted by atomic mass is 79.9. The van der Waals surface area contributed by atoms with Gasteiger partial charge in [0.25, 0.3) is 0 Å². The SMILES string of the molecule is N/C(=C\S)c1ccc(OCC(F)(F)F)c(Br)c1. The molecule has 0 saturated heterocycles. The van der Waals surface area contributed by atoms with Crippen LogP contribution in [0.5, 0.6) is 5.75 Å². The lowest BCUT2D eigenvalue weighted by molar-refractivity contribution is -0.153. The summed E-state index contributed by atoms with van der Waals surface area (Å²) in [5.41, 5.74) is 6.66. The van der Waals surface area contributed by atoms with E-state index in [1.54, 1.807) is 12.1 Å². The Morgan fingerprint density at radius 2 is 2.12 bits per heavy atom. The van der Waals surface area contributed by atoms with Gasteiger partial charge >= 0.3 is 6.18 Å². The molecule has 7 heteroatoms. The predicted octanol–water partition coefficient (Wildman–Crippen LogP) is 3.58. The number of alkyl halides is 3. The van der Waals surface area contributed by atoms with Gasteiger partial charge in [0.15, 0.2) is 6.61 Å². The summed E-state index contributed by atoms with van der Waals surface area (Å²) in [4.78, 5) is 0. The van der Waals surface area contributed by atoms with Crippen LogP contribution >= 0.6 is 28.6 Å². The Kier molecular flexibility index (Phi) is 4.76. The third-order valence-corrected chi connectivity index (χ3v) is 2.69. The average molecular weight is 328 g/mol. The van der Waals surface area contributed by atoms with Gasteiger partial charge in [-0.05, 0) is 45.1 Å². The Labute approximate surface area is 110 Å². The van der Waals surface area contributed by atoms with Crippen LogP contribution in [0.15, 0.2) is 28.1 Å². The summed E-state index contributed by atoms with van der Waals surface area (Å²) >= 11 is 7.00. The molecule has 0 saturated carbocycles. The minimum atomic E-state index is -4.36. The molecule has 2 nitrogen and oxygen atoms in total. The summed E-state index contributed by atoms with van der Waals surface area (Å²) < 4.78 is 40.9. The molecule has 0 atom stereocenters. The number of halogens is 4. The smallest absolute Gasteiger partial charge is 0.422 e. The van der Waals surface area contributed by atoms with Crippen molar-refractivity contribution in [3.8, 4) is 5.75 Å². The van der Waals surface area contributed by atoms with Gasteiger partial charge in [-0.15, -0.1) is 12.6 Å².